The van der Waals surface area contributed by atoms with Crippen molar-refractivity contribution in [3.05, 3.63) is 69.9 Å². The van der Waals surface area contributed by atoms with Gasteiger partial charge in [-0.05, 0) is 67.7 Å². The number of anilines is 1. The molecule has 156 valence electrons. The van der Waals surface area contributed by atoms with Crippen LogP contribution in [-0.4, -0.2) is 22.7 Å². The lowest BCUT2D eigenvalue weighted by atomic mass is 10.1. The number of ether oxygens (including phenoxy) is 1. The molecule has 0 saturated carbocycles. The number of nitrogens with one attached hydrogen (secondary N) is 2. The number of hydrogen-bond donors (Lipinski definition) is 3. The fourth-order valence-corrected chi connectivity index (χ4v) is 3.31. The number of carbonyl (C=O) groups is 1. The molecule has 0 radical (unpaired) electrons. The van der Waals surface area contributed by atoms with E-state index in [4.69, 9.17) is 49.7 Å². The average Bonchev–Trinajstić information content (AvgIpc) is 3.20. The van der Waals surface area contributed by atoms with Gasteiger partial charge in [-0.3, -0.25) is 10.1 Å². The van der Waals surface area contributed by atoms with Crippen molar-refractivity contribution in [2.24, 2.45) is 0 Å². The van der Waals surface area contributed by atoms with Gasteiger partial charge in [-0.15, -0.1) is 0 Å². The first-order valence-electron chi connectivity index (χ1n) is 8.95. The van der Waals surface area contributed by atoms with E-state index in [1.165, 1.54) is 6.07 Å². The molecule has 1 amide bonds. The van der Waals surface area contributed by atoms with E-state index in [0.29, 0.717) is 50.7 Å². The van der Waals surface area contributed by atoms with Crippen LogP contribution in [0.15, 0.2) is 52.9 Å². The van der Waals surface area contributed by atoms with Crippen LogP contribution in [0.4, 0.5) is 5.69 Å². The van der Waals surface area contributed by atoms with E-state index in [9.17, 15) is 4.79 Å². The Morgan fingerprint density at radius 3 is 2.60 bits per heavy atom. The molecule has 0 aliphatic rings. The topological polar surface area (TPSA) is 83.7 Å². The van der Waals surface area contributed by atoms with E-state index >= 15 is 0 Å². The molecule has 3 aromatic rings. The van der Waals surface area contributed by atoms with Gasteiger partial charge in [0.15, 0.2) is 5.11 Å². The zero-order valence-electron chi connectivity index (χ0n) is 15.9. The Bertz CT molecular complexity index is 1080. The summed E-state index contributed by atoms with van der Waals surface area (Å²) in [6.45, 7) is 2.11. The minimum Gasteiger partial charge on any atom is -0.492 e. The van der Waals surface area contributed by atoms with E-state index in [-0.39, 0.29) is 11.7 Å². The van der Waals surface area contributed by atoms with Crippen molar-refractivity contribution in [1.82, 2.24) is 5.32 Å². The summed E-state index contributed by atoms with van der Waals surface area (Å²) in [6, 6.07) is 13.3. The summed E-state index contributed by atoms with van der Waals surface area (Å²) in [7, 11) is 0. The quantitative estimate of drug-likeness (QED) is 0.430. The Balaban J connectivity index is 1.69. The number of carbonyl (C=O) groups excluding carboxylic acids is 1. The molecular formula is C21H18Cl2N2O4S. The largest absolute Gasteiger partial charge is 0.492 e. The second kappa shape index (κ2) is 9.95. The van der Waals surface area contributed by atoms with Gasteiger partial charge in [0.25, 0.3) is 5.91 Å². The maximum Gasteiger partial charge on any atom is 0.257 e. The lowest BCUT2D eigenvalue weighted by Gasteiger charge is -2.12. The van der Waals surface area contributed by atoms with Crippen molar-refractivity contribution < 1.29 is 19.1 Å². The van der Waals surface area contributed by atoms with Gasteiger partial charge in [0.1, 0.15) is 23.9 Å². The number of hydrogen-bond acceptors (Lipinski definition) is 5. The Kier molecular flexibility index (Phi) is 7.33. The van der Waals surface area contributed by atoms with Gasteiger partial charge >= 0.3 is 0 Å². The highest BCUT2D eigenvalue weighted by Gasteiger charge is 2.13. The molecule has 9 heteroatoms. The third kappa shape index (κ3) is 5.31. The standard InChI is InChI=1S/C21H18Cl2N2O4S/c1-2-28-19-7-3-12(9-17(19)23)20(27)25-21(30)24-13-4-6-16(22)15(10-13)18-8-5-14(11-26)29-18/h3-10,26H,2,11H2,1H3,(H2,24,25,27,30). The van der Waals surface area contributed by atoms with E-state index in [1.807, 2.05) is 6.92 Å². The van der Waals surface area contributed by atoms with Crippen LogP contribution in [0.2, 0.25) is 10.0 Å². The second-order valence-corrected chi connectivity index (χ2v) is 7.33. The summed E-state index contributed by atoms with van der Waals surface area (Å²) in [5.74, 6) is 1.03. The number of rotatable bonds is 6. The van der Waals surface area contributed by atoms with Gasteiger partial charge in [0.05, 0.1) is 16.7 Å². The molecule has 3 rings (SSSR count). The van der Waals surface area contributed by atoms with E-state index in [0.717, 1.165) is 0 Å². The Morgan fingerprint density at radius 2 is 1.93 bits per heavy atom. The molecule has 0 aliphatic carbocycles. The van der Waals surface area contributed by atoms with Crippen LogP contribution in [0.25, 0.3) is 11.3 Å². The van der Waals surface area contributed by atoms with Crippen LogP contribution in [-0.2, 0) is 6.61 Å². The van der Waals surface area contributed by atoms with Crippen molar-refractivity contribution >= 4 is 52.1 Å². The van der Waals surface area contributed by atoms with Crippen LogP contribution in [0.1, 0.15) is 23.0 Å². The number of benzene rings is 2. The summed E-state index contributed by atoms with van der Waals surface area (Å²) >= 11 is 17.6. The Hall–Kier alpha value is -2.58. The number of thiocarbonyl (C=S) groups is 1. The number of amides is 1. The lowest BCUT2D eigenvalue weighted by molar-refractivity contribution is 0.0977. The van der Waals surface area contributed by atoms with Gasteiger partial charge in [-0.25, -0.2) is 0 Å². The highest BCUT2D eigenvalue weighted by Crippen LogP contribution is 2.32. The smallest absolute Gasteiger partial charge is 0.257 e. The van der Waals surface area contributed by atoms with Crippen molar-refractivity contribution in [1.29, 1.82) is 0 Å². The van der Waals surface area contributed by atoms with Crippen molar-refractivity contribution in [2.75, 3.05) is 11.9 Å². The number of aliphatic hydroxyl groups excluding tert-OH is 1. The van der Waals surface area contributed by atoms with Crippen LogP contribution in [0.3, 0.4) is 0 Å². The molecule has 1 heterocycles. The molecule has 3 N–H and O–H groups in total. The average molecular weight is 465 g/mol. The van der Waals surface area contributed by atoms with Gasteiger partial charge in [0.2, 0.25) is 0 Å². The van der Waals surface area contributed by atoms with E-state index in [2.05, 4.69) is 10.6 Å². The van der Waals surface area contributed by atoms with Gasteiger partial charge in [0, 0.05) is 16.8 Å². The molecule has 30 heavy (non-hydrogen) atoms. The molecule has 0 unspecified atom stereocenters. The van der Waals surface area contributed by atoms with Crippen LogP contribution >= 0.6 is 35.4 Å². The first kappa shape index (κ1) is 22.1. The highest BCUT2D eigenvalue weighted by atomic mass is 35.5. The van der Waals surface area contributed by atoms with Crippen molar-refractivity contribution in [2.45, 2.75) is 13.5 Å². The third-order valence-electron chi connectivity index (χ3n) is 4.03. The molecule has 0 atom stereocenters. The fourth-order valence-electron chi connectivity index (χ4n) is 2.65. The highest BCUT2D eigenvalue weighted by molar-refractivity contribution is 7.80. The molecular weight excluding hydrogens is 447 g/mol. The first-order valence-corrected chi connectivity index (χ1v) is 10.1. The minimum absolute atomic E-state index is 0.105. The zero-order chi connectivity index (χ0) is 21.7. The minimum atomic E-state index is -0.412. The lowest BCUT2D eigenvalue weighted by Crippen LogP contribution is -2.34. The maximum atomic E-state index is 12.4. The normalized spacial score (nSPS) is 10.5. The molecule has 0 aliphatic heterocycles. The summed E-state index contributed by atoms with van der Waals surface area (Å²) < 4.78 is 10.9. The molecule has 6 nitrogen and oxygen atoms in total. The Labute approximate surface area is 188 Å². The number of halogens is 2. The number of aliphatic hydroxyl groups is 1. The third-order valence-corrected chi connectivity index (χ3v) is 4.86. The molecule has 1 aromatic heterocycles. The molecule has 0 bridgehead atoms. The molecule has 2 aromatic carbocycles. The monoisotopic (exact) mass is 464 g/mol. The summed E-state index contributed by atoms with van der Waals surface area (Å²) in [4.78, 5) is 12.4. The summed E-state index contributed by atoms with van der Waals surface area (Å²) in [5, 5.41) is 15.6. The SMILES string of the molecule is CCOc1ccc(C(=O)NC(=S)Nc2ccc(Cl)c(-c3ccc(CO)o3)c2)cc1Cl. The van der Waals surface area contributed by atoms with Gasteiger partial charge in [-0.2, -0.15) is 0 Å². The second-order valence-electron chi connectivity index (χ2n) is 6.11. The predicted octanol–water partition coefficient (Wildman–Crippen LogP) is 5.27. The van der Waals surface area contributed by atoms with Crippen LogP contribution in [0, 0.1) is 0 Å². The van der Waals surface area contributed by atoms with E-state index in [1.54, 1.807) is 42.5 Å². The predicted molar refractivity (Wildman–Crippen MR) is 121 cm³/mol. The summed E-state index contributed by atoms with van der Waals surface area (Å²) in [6.07, 6.45) is 0. The fraction of sp³-hybridized carbons (Fsp3) is 0.143. The maximum absolute atomic E-state index is 12.4. The Morgan fingerprint density at radius 1 is 1.13 bits per heavy atom. The van der Waals surface area contributed by atoms with Gasteiger partial charge in [-0.1, -0.05) is 23.2 Å². The van der Waals surface area contributed by atoms with Crippen molar-refractivity contribution in [3.63, 3.8) is 0 Å². The molecule has 0 spiro atoms. The number of furan rings is 1. The van der Waals surface area contributed by atoms with E-state index < -0.39 is 5.91 Å². The van der Waals surface area contributed by atoms with Crippen LogP contribution < -0.4 is 15.4 Å². The molecule has 0 fully saturated rings. The molecule has 0 saturated heterocycles. The zero-order valence-corrected chi connectivity index (χ0v) is 18.2. The van der Waals surface area contributed by atoms with Crippen LogP contribution in [0.5, 0.6) is 5.75 Å². The van der Waals surface area contributed by atoms with Gasteiger partial charge < -0.3 is 19.6 Å². The first-order chi connectivity index (χ1) is 14.4. The summed E-state index contributed by atoms with van der Waals surface area (Å²) in [5.41, 5.74) is 1.57. The van der Waals surface area contributed by atoms with Crippen molar-refractivity contribution in [3.8, 4) is 17.1 Å².